The van der Waals surface area contributed by atoms with Crippen molar-refractivity contribution in [3.8, 4) is 17.5 Å². The number of unbranched alkanes of at least 4 members (excludes halogenated alkanes) is 5. The molecular formula is C93H144F6N12O17S2. The molecule has 1 heterocycles. The molecule has 1 saturated heterocycles. The Morgan fingerprint density at radius 2 is 0.785 bits per heavy atom. The maximum Gasteiger partial charge on any atom is 0.417 e. The number of aliphatic hydroxyl groups excluding tert-OH is 2. The van der Waals surface area contributed by atoms with Crippen molar-refractivity contribution >= 4 is 40.7 Å². The number of alkyl halides is 6. The van der Waals surface area contributed by atoms with Crippen LogP contribution in [0.25, 0.3) is 20.9 Å². The summed E-state index contributed by atoms with van der Waals surface area (Å²) in [7, 11) is 0. The number of carbonyl (C=O) groups is 1. The highest BCUT2D eigenvalue weighted by Gasteiger charge is 2.55. The average molecular weight is 1880 g/mol. The maximum atomic E-state index is 13.5. The number of nitrogens with two attached hydrogens (primary N) is 1. The number of thioether (sulfide) groups is 1. The van der Waals surface area contributed by atoms with E-state index in [1.165, 1.54) is 147 Å². The van der Waals surface area contributed by atoms with Crippen LogP contribution in [0.15, 0.2) is 51.5 Å². The van der Waals surface area contributed by atoms with Gasteiger partial charge in [0.1, 0.15) is 10.9 Å². The van der Waals surface area contributed by atoms with Gasteiger partial charge in [-0.15, -0.1) is 0 Å². The third-order valence-electron chi connectivity index (χ3n) is 25.5. The zero-order chi connectivity index (χ0) is 93.8. The van der Waals surface area contributed by atoms with Crippen LogP contribution < -0.4 is 10.6 Å². The fourth-order valence-corrected chi connectivity index (χ4v) is 21.7. The molecule has 2 aromatic rings. The van der Waals surface area contributed by atoms with Gasteiger partial charge in [-0.25, -0.2) is 0 Å². The molecule has 0 spiro atoms. The molecule has 29 nitrogen and oxygen atoms in total. The number of aliphatic hydroxyl groups is 2. The molecule has 12 bridgehead atoms. The van der Waals surface area contributed by atoms with Gasteiger partial charge in [0.2, 0.25) is 0 Å². The standard InChI is InChI=1S/C35H48F3N3O6S.C22H41NO5.C18H32O5.C9H3F3N2S.C5H11N3.C4H9N3O/c1-33(2)31(42)41(29-6-5-28(24-39)30(20-29)35(36,37)38)32(48)40(33)7-3-4-8-43-9-10-44-11-12-45-13-14-46-15-16-47-34-21-25-17-26(22-34)19-27(18-25)23-34;23-3-1-2-4-24-5-6-25-7-8-26-9-10-27-11-12-28-22-16-19-13-20(17-22)15-21(14-19)18-22;19-1-2-20-3-4-21-5-6-22-7-8-23-18-12-15-9-16(13-18)11-17(10-15)14-18;10-9(11,12)8-3-7(15-5-14)2-1-6(8)4-13;1-2-3-4-5-7-8-6;5-7-6-3-1-2-4-8/h5-6,20,25-27H,3-4,7-19,21-23H2,1-2H3;19-21H,1-18,23H2;15-17,19H,1-14H2;1-3H;2-5H2,1H3;8H,1-4H2. The van der Waals surface area contributed by atoms with Crippen LogP contribution >= 0.6 is 24.0 Å². The fraction of sp³-hybridized carbons (Fsp3) is 0.817. The molecule has 1 aliphatic heterocycles. The van der Waals surface area contributed by atoms with E-state index in [0.29, 0.717) is 196 Å². The summed E-state index contributed by atoms with van der Waals surface area (Å²) in [5.74, 6) is 7.84. The second-order valence-corrected chi connectivity index (χ2v) is 37.3. The SMILES string of the molecule is CC1(C)C(=O)N(c2ccc(C#N)c(C(F)(F)F)c2)C(=S)N1CCCCOCCOCCOCCOCCOC12CC3CC(CC(C3)C1)C2.CCCCCN=[N+]=[N-].N#CSc1ccc(C#N)c(C(F)(F)F)c1.NCCCCOCCOCCOCCOCCOC12CC3CC(CC(C3)C1)C2.OCCOCCOCCOCCOC12CC3CC(CC(C3)C1)C2.[N-]=[N+]=NCCCCO. The first kappa shape index (κ1) is 111. The van der Waals surface area contributed by atoms with Crippen molar-refractivity contribution in [2.45, 2.75) is 234 Å². The first-order chi connectivity index (χ1) is 62.8. The Kier molecular flexibility index (Phi) is 52.4. The molecule has 15 rings (SSSR count). The van der Waals surface area contributed by atoms with Gasteiger partial charge in [-0.3, -0.25) is 9.69 Å². The summed E-state index contributed by atoms with van der Waals surface area (Å²) in [6.07, 6.45) is 23.4. The van der Waals surface area contributed by atoms with E-state index < -0.39 is 46.1 Å². The van der Waals surface area contributed by atoms with Crippen molar-refractivity contribution < 1.29 is 108 Å². The van der Waals surface area contributed by atoms with E-state index in [1.807, 2.05) is 0 Å². The van der Waals surface area contributed by atoms with Crippen molar-refractivity contribution in [1.29, 1.82) is 15.8 Å². The van der Waals surface area contributed by atoms with E-state index in [2.05, 4.69) is 27.0 Å². The Hall–Kier alpha value is -5.86. The van der Waals surface area contributed by atoms with Gasteiger partial charge in [-0.05, 0) is 306 Å². The van der Waals surface area contributed by atoms with Crippen LogP contribution in [0.3, 0.4) is 0 Å². The Morgan fingerprint density at radius 1 is 0.462 bits per heavy atom. The number of nitrogens with zero attached hydrogens (tertiary/aromatic N) is 11. The van der Waals surface area contributed by atoms with Crippen LogP contribution in [-0.2, 0) is 83.5 Å². The molecule has 12 saturated carbocycles. The third kappa shape index (κ3) is 39.8. The number of hydrogen-bond acceptors (Lipinski definition) is 25. The number of ether oxygens (including phenoxy) is 14. The predicted octanol–water partition coefficient (Wildman–Crippen LogP) is 17.6. The summed E-state index contributed by atoms with van der Waals surface area (Å²) >= 11 is 6.15. The van der Waals surface area contributed by atoms with Crippen molar-refractivity contribution in [3.63, 3.8) is 0 Å². The number of azide groups is 2. The number of thiocyanates is 1. The highest BCUT2D eigenvalue weighted by molar-refractivity contribution is 8.03. The molecule has 0 radical (unpaired) electrons. The lowest BCUT2D eigenvalue weighted by molar-refractivity contribution is -0.169. The molecule has 37 heteroatoms. The molecule has 130 heavy (non-hydrogen) atoms. The second-order valence-electron chi connectivity index (χ2n) is 36.0. The number of thiocarbonyl (C=S) groups is 1. The summed E-state index contributed by atoms with van der Waals surface area (Å²) < 4.78 is 158. The van der Waals surface area contributed by atoms with Gasteiger partial charge in [-0.2, -0.15) is 42.1 Å². The first-order valence-corrected chi connectivity index (χ1v) is 48.2. The minimum Gasteiger partial charge on any atom is -0.396 e. The monoisotopic (exact) mass is 1880 g/mol. The zero-order valence-corrected chi connectivity index (χ0v) is 78.4. The van der Waals surface area contributed by atoms with Crippen molar-refractivity contribution in [2.75, 3.05) is 209 Å². The van der Waals surface area contributed by atoms with Crippen LogP contribution in [0.4, 0.5) is 32.0 Å². The van der Waals surface area contributed by atoms with Crippen LogP contribution in [0.5, 0.6) is 0 Å². The molecular weight excluding hydrogens is 1740 g/mol. The summed E-state index contributed by atoms with van der Waals surface area (Å²) in [5, 5.41) is 51.1. The Morgan fingerprint density at radius 3 is 1.10 bits per heavy atom. The third-order valence-corrected chi connectivity index (χ3v) is 26.5. The summed E-state index contributed by atoms with van der Waals surface area (Å²) in [4.78, 5) is 21.4. The van der Waals surface area contributed by atoms with Crippen LogP contribution in [-0.4, -0.2) is 253 Å². The number of benzene rings is 2. The van der Waals surface area contributed by atoms with Gasteiger partial charge >= 0.3 is 12.4 Å². The summed E-state index contributed by atoms with van der Waals surface area (Å²) in [6, 6.07) is 9.36. The number of nitriles is 3. The Balaban J connectivity index is 0.000000239. The largest absolute Gasteiger partial charge is 0.417 e. The smallest absolute Gasteiger partial charge is 0.396 e. The molecule has 13 aliphatic rings. The van der Waals surface area contributed by atoms with Gasteiger partial charge in [0.05, 0.1) is 215 Å². The van der Waals surface area contributed by atoms with Crippen molar-refractivity contribution in [2.24, 2.45) is 69.2 Å². The molecule has 0 atom stereocenters. The fourth-order valence-electron chi connectivity index (χ4n) is 20.8. The van der Waals surface area contributed by atoms with E-state index in [0.717, 1.165) is 134 Å². The van der Waals surface area contributed by atoms with Gasteiger partial charge in [0.15, 0.2) is 5.11 Å². The van der Waals surface area contributed by atoms with Crippen LogP contribution in [0.2, 0.25) is 0 Å². The molecule has 732 valence electrons. The van der Waals surface area contributed by atoms with E-state index in [9.17, 15) is 31.1 Å². The second kappa shape index (κ2) is 61.3. The topological polar surface area (TPSA) is 388 Å². The average Bonchev–Trinajstić information content (AvgIpc) is 1.19. The van der Waals surface area contributed by atoms with E-state index in [1.54, 1.807) is 30.2 Å². The van der Waals surface area contributed by atoms with Gasteiger partial charge in [0.25, 0.3) is 5.91 Å². The minimum absolute atomic E-state index is 0.0125. The highest BCUT2D eigenvalue weighted by atomic mass is 32.2. The quantitative estimate of drug-likeness (QED) is 0.00809. The lowest BCUT2D eigenvalue weighted by Gasteiger charge is -2.56. The number of halogens is 6. The molecule has 0 aromatic heterocycles. The molecule has 13 fully saturated rings. The van der Waals surface area contributed by atoms with E-state index in [4.69, 9.17) is 121 Å². The van der Waals surface area contributed by atoms with E-state index in [-0.39, 0.29) is 45.7 Å². The number of anilines is 1. The first-order valence-electron chi connectivity index (χ1n) is 47.0. The number of rotatable bonds is 57. The predicted molar refractivity (Wildman–Crippen MR) is 483 cm³/mol. The van der Waals surface area contributed by atoms with Crippen molar-refractivity contribution in [1.82, 2.24) is 4.90 Å². The van der Waals surface area contributed by atoms with E-state index >= 15 is 0 Å². The number of amides is 1. The molecule has 0 unspecified atom stereocenters. The highest BCUT2D eigenvalue weighted by Crippen LogP contribution is 2.60. The van der Waals surface area contributed by atoms with Crippen molar-refractivity contribution in [3.05, 3.63) is 79.5 Å². The summed E-state index contributed by atoms with van der Waals surface area (Å²) in [6.45, 7) is 22.5. The van der Waals surface area contributed by atoms with Gasteiger partial charge in [0, 0.05) is 54.2 Å². The van der Waals surface area contributed by atoms with Gasteiger partial charge < -0.3 is 87.2 Å². The summed E-state index contributed by atoms with van der Waals surface area (Å²) in [5.41, 5.74) is 17.4. The van der Waals surface area contributed by atoms with Crippen LogP contribution in [0, 0.1) is 86.6 Å². The Bertz CT molecular complexity index is 3670. The number of hydrogen-bond donors (Lipinski definition) is 3. The molecule has 1 amide bonds. The minimum atomic E-state index is -4.74. The normalized spacial score (nSPS) is 24.7. The number of carbonyl (C=O) groups excluding carboxylic acids is 1. The van der Waals surface area contributed by atoms with Crippen LogP contribution in [0.1, 0.15) is 216 Å². The molecule has 12 aliphatic carbocycles. The lowest BCUT2D eigenvalue weighted by Crippen LogP contribution is -2.52. The maximum absolute atomic E-state index is 13.5. The lowest BCUT2D eigenvalue weighted by atomic mass is 9.54. The molecule has 2 aromatic carbocycles. The Labute approximate surface area is 774 Å². The molecule has 4 N–H and O–H groups in total. The van der Waals surface area contributed by atoms with Gasteiger partial charge in [-0.1, -0.05) is 30.0 Å². The zero-order valence-electron chi connectivity index (χ0n) is 76.8.